The fraction of sp³-hybridized carbons (Fsp3) is 0.458. The lowest BCUT2D eigenvalue weighted by molar-refractivity contribution is -0.121. The third kappa shape index (κ3) is 3.89. The van der Waals surface area contributed by atoms with Gasteiger partial charge in [0.05, 0.1) is 6.04 Å². The Morgan fingerprint density at radius 3 is 2.45 bits per heavy atom. The van der Waals surface area contributed by atoms with E-state index in [1.54, 1.807) is 0 Å². The average molecular weight is 393 g/mol. The van der Waals surface area contributed by atoms with Crippen molar-refractivity contribution in [3.8, 4) is 0 Å². The first kappa shape index (κ1) is 19.9. The lowest BCUT2D eigenvalue weighted by Gasteiger charge is -2.37. The van der Waals surface area contributed by atoms with Gasteiger partial charge in [0.15, 0.2) is 0 Å². The summed E-state index contributed by atoms with van der Waals surface area (Å²) in [5.74, 6) is 0.0764. The summed E-state index contributed by atoms with van der Waals surface area (Å²) in [7, 11) is 0. The molecule has 1 atom stereocenters. The van der Waals surface area contributed by atoms with Crippen molar-refractivity contribution >= 4 is 33.4 Å². The Hall–Kier alpha value is -2.37. The number of carbonyl (C=O) groups is 1. The van der Waals surface area contributed by atoms with E-state index >= 15 is 0 Å². The standard InChI is InChI=1S/C24H32N4O/c1-4-12-26-13-15-27(16-14-26)18(3)24(29)25-19-10-11-23-21(17-19)20-8-6-7-9-22(20)28(23)5-2/h6-11,17-18H,4-5,12-16H2,1-3H3,(H,25,29). The predicted octanol–water partition coefficient (Wildman–Crippen LogP) is 4.17. The molecule has 0 bridgehead atoms. The number of piperazine rings is 1. The smallest absolute Gasteiger partial charge is 0.241 e. The zero-order valence-corrected chi connectivity index (χ0v) is 17.8. The van der Waals surface area contributed by atoms with Crippen molar-refractivity contribution in [3.63, 3.8) is 0 Å². The summed E-state index contributed by atoms with van der Waals surface area (Å²) in [6, 6.07) is 14.6. The van der Waals surface area contributed by atoms with Crippen molar-refractivity contribution in [2.24, 2.45) is 0 Å². The number of nitrogens with one attached hydrogen (secondary N) is 1. The van der Waals surface area contributed by atoms with Crippen LogP contribution in [-0.2, 0) is 11.3 Å². The Labute approximate surface area is 173 Å². The van der Waals surface area contributed by atoms with Crippen molar-refractivity contribution in [3.05, 3.63) is 42.5 Å². The van der Waals surface area contributed by atoms with E-state index in [2.05, 4.69) is 69.9 Å². The molecule has 5 nitrogen and oxygen atoms in total. The third-order valence-corrected chi connectivity index (χ3v) is 6.23. The fourth-order valence-electron chi connectivity index (χ4n) is 4.58. The minimum atomic E-state index is -0.119. The Bertz CT molecular complexity index is 1000. The lowest BCUT2D eigenvalue weighted by Crippen LogP contribution is -2.52. The number of fused-ring (bicyclic) bond motifs is 3. The number of anilines is 1. The first-order valence-corrected chi connectivity index (χ1v) is 10.9. The molecular weight excluding hydrogens is 360 g/mol. The molecule has 1 aromatic heterocycles. The summed E-state index contributed by atoms with van der Waals surface area (Å²) in [5.41, 5.74) is 3.33. The van der Waals surface area contributed by atoms with Crippen LogP contribution in [-0.4, -0.2) is 59.0 Å². The molecule has 0 radical (unpaired) electrons. The van der Waals surface area contributed by atoms with Gasteiger partial charge < -0.3 is 14.8 Å². The highest BCUT2D eigenvalue weighted by Crippen LogP contribution is 2.31. The van der Waals surface area contributed by atoms with Crippen LogP contribution >= 0.6 is 0 Å². The maximum Gasteiger partial charge on any atom is 0.241 e. The van der Waals surface area contributed by atoms with Crippen molar-refractivity contribution in [1.82, 2.24) is 14.4 Å². The number of aryl methyl sites for hydroxylation is 1. The molecule has 1 aliphatic rings. The molecule has 3 aromatic rings. The van der Waals surface area contributed by atoms with Gasteiger partial charge >= 0.3 is 0 Å². The average Bonchev–Trinajstić information content (AvgIpc) is 3.07. The normalized spacial score (nSPS) is 17.1. The molecule has 0 saturated carbocycles. The van der Waals surface area contributed by atoms with Gasteiger partial charge in [0.2, 0.25) is 5.91 Å². The highest BCUT2D eigenvalue weighted by molar-refractivity contribution is 6.10. The Morgan fingerprint density at radius 2 is 1.72 bits per heavy atom. The summed E-state index contributed by atoms with van der Waals surface area (Å²) in [5, 5.41) is 5.59. The summed E-state index contributed by atoms with van der Waals surface area (Å²) in [4.78, 5) is 17.7. The summed E-state index contributed by atoms with van der Waals surface area (Å²) in [6.07, 6.45) is 1.19. The van der Waals surface area contributed by atoms with Crippen molar-refractivity contribution in [2.45, 2.75) is 39.8 Å². The fourth-order valence-corrected chi connectivity index (χ4v) is 4.58. The van der Waals surface area contributed by atoms with Gasteiger partial charge in [-0.15, -0.1) is 0 Å². The molecule has 1 saturated heterocycles. The molecule has 154 valence electrons. The first-order valence-electron chi connectivity index (χ1n) is 10.9. The molecule has 1 unspecified atom stereocenters. The number of benzene rings is 2. The maximum absolute atomic E-state index is 12.9. The monoisotopic (exact) mass is 392 g/mol. The van der Waals surface area contributed by atoms with E-state index in [1.807, 2.05) is 13.0 Å². The minimum Gasteiger partial charge on any atom is -0.341 e. The van der Waals surface area contributed by atoms with Gasteiger partial charge in [0, 0.05) is 60.2 Å². The number of para-hydroxylation sites is 1. The van der Waals surface area contributed by atoms with E-state index in [-0.39, 0.29) is 11.9 Å². The van der Waals surface area contributed by atoms with Gasteiger partial charge in [-0.25, -0.2) is 0 Å². The van der Waals surface area contributed by atoms with Gasteiger partial charge in [-0.3, -0.25) is 9.69 Å². The van der Waals surface area contributed by atoms with E-state index in [4.69, 9.17) is 0 Å². The second-order valence-electron chi connectivity index (χ2n) is 8.04. The zero-order valence-electron chi connectivity index (χ0n) is 17.8. The molecule has 2 aromatic carbocycles. The molecule has 5 heteroatoms. The number of nitrogens with zero attached hydrogens (tertiary/aromatic N) is 3. The van der Waals surface area contributed by atoms with Crippen LogP contribution in [0.4, 0.5) is 5.69 Å². The molecule has 1 aliphatic heterocycles. The van der Waals surface area contributed by atoms with Crippen LogP contribution in [0.25, 0.3) is 21.8 Å². The van der Waals surface area contributed by atoms with Gasteiger partial charge in [-0.05, 0) is 51.1 Å². The van der Waals surface area contributed by atoms with E-state index in [1.165, 1.54) is 28.2 Å². The summed E-state index contributed by atoms with van der Waals surface area (Å²) in [6.45, 7) is 12.5. The number of hydrogen-bond acceptors (Lipinski definition) is 3. The van der Waals surface area contributed by atoms with Crippen LogP contribution < -0.4 is 5.32 Å². The van der Waals surface area contributed by atoms with Crippen LogP contribution in [0.2, 0.25) is 0 Å². The first-order chi connectivity index (χ1) is 14.1. The van der Waals surface area contributed by atoms with E-state index in [0.717, 1.165) is 45.0 Å². The van der Waals surface area contributed by atoms with Crippen LogP contribution in [0.15, 0.2) is 42.5 Å². The predicted molar refractivity (Wildman–Crippen MR) is 122 cm³/mol. The topological polar surface area (TPSA) is 40.5 Å². The second kappa shape index (κ2) is 8.56. The van der Waals surface area contributed by atoms with E-state index < -0.39 is 0 Å². The number of aromatic nitrogens is 1. The van der Waals surface area contributed by atoms with Crippen molar-refractivity contribution in [2.75, 3.05) is 38.0 Å². The molecule has 1 N–H and O–H groups in total. The maximum atomic E-state index is 12.9. The quantitative estimate of drug-likeness (QED) is 0.684. The van der Waals surface area contributed by atoms with Crippen LogP contribution in [0.1, 0.15) is 27.2 Å². The SMILES string of the molecule is CCCN1CCN(C(C)C(=O)Nc2ccc3c(c2)c2ccccc2n3CC)CC1. The zero-order chi connectivity index (χ0) is 20.4. The van der Waals surface area contributed by atoms with E-state index in [0.29, 0.717) is 0 Å². The molecule has 1 amide bonds. The van der Waals surface area contributed by atoms with E-state index in [9.17, 15) is 4.79 Å². The Balaban J connectivity index is 1.50. The third-order valence-electron chi connectivity index (χ3n) is 6.23. The minimum absolute atomic E-state index is 0.0764. The Kier molecular flexibility index (Phi) is 5.88. The highest BCUT2D eigenvalue weighted by Gasteiger charge is 2.25. The van der Waals surface area contributed by atoms with Crippen molar-refractivity contribution in [1.29, 1.82) is 0 Å². The molecule has 4 rings (SSSR count). The second-order valence-corrected chi connectivity index (χ2v) is 8.04. The largest absolute Gasteiger partial charge is 0.341 e. The van der Waals surface area contributed by atoms with Gasteiger partial charge in [-0.2, -0.15) is 0 Å². The number of carbonyl (C=O) groups excluding carboxylic acids is 1. The number of rotatable bonds is 6. The van der Waals surface area contributed by atoms with Crippen LogP contribution in [0, 0.1) is 0 Å². The molecule has 2 heterocycles. The number of amides is 1. The van der Waals surface area contributed by atoms with Crippen LogP contribution in [0.5, 0.6) is 0 Å². The molecule has 0 spiro atoms. The van der Waals surface area contributed by atoms with Crippen molar-refractivity contribution < 1.29 is 4.79 Å². The molecule has 0 aliphatic carbocycles. The highest BCUT2D eigenvalue weighted by atomic mass is 16.2. The van der Waals surface area contributed by atoms with Gasteiger partial charge in [0.25, 0.3) is 0 Å². The molecular formula is C24H32N4O. The molecule has 29 heavy (non-hydrogen) atoms. The summed E-state index contributed by atoms with van der Waals surface area (Å²) < 4.78 is 2.33. The van der Waals surface area contributed by atoms with Crippen LogP contribution in [0.3, 0.4) is 0 Å². The Morgan fingerprint density at radius 1 is 1.00 bits per heavy atom. The van der Waals surface area contributed by atoms with Gasteiger partial charge in [-0.1, -0.05) is 25.1 Å². The number of hydrogen-bond donors (Lipinski definition) is 1. The van der Waals surface area contributed by atoms with Gasteiger partial charge in [0.1, 0.15) is 0 Å². The summed E-state index contributed by atoms with van der Waals surface area (Å²) >= 11 is 0. The lowest BCUT2D eigenvalue weighted by atomic mass is 10.1. The molecule has 1 fully saturated rings.